The van der Waals surface area contributed by atoms with Crippen LogP contribution in [0.5, 0.6) is 0 Å². The molecule has 0 fully saturated rings. The second-order valence-corrected chi connectivity index (χ2v) is 4.08. The second kappa shape index (κ2) is 4.18. The lowest BCUT2D eigenvalue weighted by Gasteiger charge is -2.09. The van der Waals surface area contributed by atoms with E-state index in [9.17, 15) is 0 Å². The Hall–Kier alpha value is -1.48. The monoisotopic (exact) mass is 233 g/mol. The maximum atomic E-state index is 6.05. The number of aryl methyl sites for hydroxylation is 2. The van der Waals surface area contributed by atoms with Crippen LogP contribution in [0.4, 0.5) is 0 Å². The summed E-state index contributed by atoms with van der Waals surface area (Å²) in [6, 6.07) is 1.96. The molecule has 0 saturated carbocycles. The van der Waals surface area contributed by atoms with Gasteiger partial charge in [-0.2, -0.15) is 0 Å². The van der Waals surface area contributed by atoms with Gasteiger partial charge in [0.05, 0.1) is 5.69 Å². The number of nitrogens with zero attached hydrogens (tertiary/aromatic N) is 3. The summed E-state index contributed by atoms with van der Waals surface area (Å²) in [6.07, 6.45) is 3.57. The number of pyridine rings is 1. The molecule has 2 heterocycles. The molecule has 0 bridgehead atoms. The molecule has 4 heteroatoms. The van der Waals surface area contributed by atoms with Crippen LogP contribution in [0, 0.1) is 20.8 Å². The first-order valence-electron chi connectivity index (χ1n) is 5.01. The zero-order valence-corrected chi connectivity index (χ0v) is 10.2. The van der Waals surface area contributed by atoms with E-state index in [2.05, 4.69) is 15.0 Å². The topological polar surface area (TPSA) is 38.7 Å². The molecule has 0 unspecified atom stereocenters. The third kappa shape index (κ3) is 1.91. The molecule has 3 nitrogen and oxygen atoms in total. The summed E-state index contributed by atoms with van der Waals surface area (Å²) in [5, 5.41) is 0.505. The average molecular weight is 234 g/mol. The Morgan fingerprint density at radius 3 is 2.56 bits per heavy atom. The summed E-state index contributed by atoms with van der Waals surface area (Å²) in [5.41, 5.74) is 3.89. The van der Waals surface area contributed by atoms with Crippen molar-refractivity contribution in [1.29, 1.82) is 0 Å². The first-order valence-corrected chi connectivity index (χ1v) is 5.39. The lowest BCUT2D eigenvalue weighted by molar-refractivity contribution is 1.03. The van der Waals surface area contributed by atoms with Crippen molar-refractivity contribution in [3.8, 4) is 11.3 Å². The molecule has 0 saturated heterocycles. The fourth-order valence-electron chi connectivity index (χ4n) is 1.57. The average Bonchev–Trinajstić information content (AvgIpc) is 2.24. The van der Waals surface area contributed by atoms with Gasteiger partial charge in [0, 0.05) is 23.5 Å². The van der Waals surface area contributed by atoms with Crippen molar-refractivity contribution in [3.05, 3.63) is 40.6 Å². The largest absolute Gasteiger partial charge is 0.264 e. The van der Waals surface area contributed by atoms with Crippen LogP contribution in [-0.4, -0.2) is 15.0 Å². The fraction of sp³-hybridized carbons (Fsp3) is 0.250. The standard InChI is InChI=1S/C12H12ClN3/c1-7-4-5-14-6-10(7)11-8(2)12(13)16-9(3)15-11/h4-6H,1-3H3. The summed E-state index contributed by atoms with van der Waals surface area (Å²) in [4.78, 5) is 12.7. The molecule has 0 N–H and O–H groups in total. The Bertz CT molecular complexity index is 538. The van der Waals surface area contributed by atoms with E-state index in [1.807, 2.05) is 26.8 Å². The lowest BCUT2D eigenvalue weighted by atomic mass is 10.1. The van der Waals surface area contributed by atoms with Gasteiger partial charge < -0.3 is 0 Å². The highest BCUT2D eigenvalue weighted by Gasteiger charge is 2.11. The third-order valence-electron chi connectivity index (χ3n) is 2.49. The molecule has 0 atom stereocenters. The predicted molar refractivity (Wildman–Crippen MR) is 64.5 cm³/mol. The molecule has 2 aromatic heterocycles. The molecule has 0 aliphatic heterocycles. The van der Waals surface area contributed by atoms with Gasteiger partial charge in [-0.05, 0) is 32.4 Å². The summed E-state index contributed by atoms with van der Waals surface area (Å²) < 4.78 is 0. The Labute approximate surface area is 99.5 Å². The van der Waals surface area contributed by atoms with Crippen LogP contribution in [0.2, 0.25) is 5.15 Å². The lowest BCUT2D eigenvalue weighted by Crippen LogP contribution is -1.98. The molecule has 0 amide bonds. The van der Waals surface area contributed by atoms with E-state index in [0.717, 1.165) is 22.4 Å². The van der Waals surface area contributed by atoms with Crippen LogP contribution in [0.15, 0.2) is 18.5 Å². The SMILES string of the molecule is Cc1nc(Cl)c(C)c(-c2cnccc2C)n1. The van der Waals surface area contributed by atoms with E-state index < -0.39 is 0 Å². The van der Waals surface area contributed by atoms with Crippen LogP contribution in [0.1, 0.15) is 17.0 Å². The van der Waals surface area contributed by atoms with Crippen molar-refractivity contribution >= 4 is 11.6 Å². The number of hydrogen-bond acceptors (Lipinski definition) is 3. The van der Waals surface area contributed by atoms with Gasteiger partial charge in [-0.25, -0.2) is 9.97 Å². The summed E-state index contributed by atoms with van der Waals surface area (Å²) in [7, 11) is 0. The second-order valence-electron chi connectivity index (χ2n) is 3.73. The molecule has 16 heavy (non-hydrogen) atoms. The minimum Gasteiger partial charge on any atom is -0.264 e. The summed E-state index contributed by atoms with van der Waals surface area (Å²) in [5.74, 6) is 0.675. The van der Waals surface area contributed by atoms with E-state index in [4.69, 9.17) is 11.6 Å². The van der Waals surface area contributed by atoms with Crippen molar-refractivity contribution in [2.75, 3.05) is 0 Å². The number of rotatable bonds is 1. The van der Waals surface area contributed by atoms with Gasteiger partial charge in [0.2, 0.25) is 0 Å². The zero-order valence-electron chi connectivity index (χ0n) is 9.45. The molecule has 0 spiro atoms. The van der Waals surface area contributed by atoms with Gasteiger partial charge in [0.15, 0.2) is 0 Å². The fourth-order valence-corrected chi connectivity index (χ4v) is 1.78. The van der Waals surface area contributed by atoms with Crippen LogP contribution in [0.25, 0.3) is 11.3 Å². The quantitative estimate of drug-likeness (QED) is 0.711. The van der Waals surface area contributed by atoms with Crippen LogP contribution < -0.4 is 0 Å². The smallest absolute Gasteiger partial charge is 0.136 e. The Morgan fingerprint density at radius 2 is 1.88 bits per heavy atom. The van der Waals surface area contributed by atoms with Crippen LogP contribution in [0.3, 0.4) is 0 Å². The van der Waals surface area contributed by atoms with Crippen LogP contribution in [-0.2, 0) is 0 Å². The predicted octanol–water partition coefficient (Wildman–Crippen LogP) is 3.12. The van der Waals surface area contributed by atoms with Gasteiger partial charge in [0.1, 0.15) is 11.0 Å². The van der Waals surface area contributed by atoms with Gasteiger partial charge in [-0.15, -0.1) is 0 Å². The highest BCUT2D eigenvalue weighted by molar-refractivity contribution is 6.30. The molecular formula is C12H12ClN3. The van der Waals surface area contributed by atoms with Gasteiger partial charge in [-0.1, -0.05) is 11.6 Å². The van der Waals surface area contributed by atoms with E-state index in [1.54, 1.807) is 12.4 Å². The maximum Gasteiger partial charge on any atom is 0.136 e. The molecular weight excluding hydrogens is 222 g/mol. The van der Waals surface area contributed by atoms with Crippen molar-refractivity contribution in [1.82, 2.24) is 15.0 Å². The number of halogens is 1. The number of aromatic nitrogens is 3. The molecule has 82 valence electrons. The maximum absolute atomic E-state index is 6.05. The molecule has 2 aromatic rings. The minimum atomic E-state index is 0.505. The van der Waals surface area contributed by atoms with Gasteiger partial charge in [0.25, 0.3) is 0 Å². The van der Waals surface area contributed by atoms with E-state index in [0.29, 0.717) is 11.0 Å². The zero-order chi connectivity index (χ0) is 11.7. The van der Waals surface area contributed by atoms with Crippen LogP contribution >= 0.6 is 11.6 Å². The third-order valence-corrected chi connectivity index (χ3v) is 2.86. The number of hydrogen-bond donors (Lipinski definition) is 0. The van der Waals surface area contributed by atoms with Crippen molar-refractivity contribution in [3.63, 3.8) is 0 Å². The molecule has 0 aromatic carbocycles. The highest BCUT2D eigenvalue weighted by Crippen LogP contribution is 2.27. The normalized spacial score (nSPS) is 10.5. The molecule has 0 radical (unpaired) electrons. The molecule has 0 aliphatic rings. The first-order chi connectivity index (χ1) is 7.59. The van der Waals surface area contributed by atoms with Gasteiger partial charge >= 0.3 is 0 Å². The highest BCUT2D eigenvalue weighted by atomic mass is 35.5. The van der Waals surface area contributed by atoms with Crippen molar-refractivity contribution in [2.24, 2.45) is 0 Å². The van der Waals surface area contributed by atoms with E-state index in [1.165, 1.54) is 0 Å². The molecule has 0 aliphatic carbocycles. The van der Waals surface area contributed by atoms with Crippen molar-refractivity contribution in [2.45, 2.75) is 20.8 Å². The van der Waals surface area contributed by atoms with Gasteiger partial charge in [-0.3, -0.25) is 4.98 Å². The van der Waals surface area contributed by atoms with E-state index >= 15 is 0 Å². The minimum absolute atomic E-state index is 0.505. The summed E-state index contributed by atoms with van der Waals surface area (Å²) >= 11 is 6.05. The Kier molecular flexibility index (Phi) is 2.88. The van der Waals surface area contributed by atoms with Crippen molar-refractivity contribution < 1.29 is 0 Å². The molecule has 2 rings (SSSR count). The summed E-state index contributed by atoms with van der Waals surface area (Å²) in [6.45, 7) is 5.78. The Morgan fingerprint density at radius 1 is 1.12 bits per heavy atom. The Balaban J connectivity index is 2.69. The van der Waals surface area contributed by atoms with E-state index in [-0.39, 0.29) is 0 Å². The first kappa shape index (κ1) is 11.0.